The van der Waals surface area contributed by atoms with Crippen molar-refractivity contribution in [2.75, 3.05) is 18.1 Å². The van der Waals surface area contributed by atoms with E-state index >= 15 is 0 Å². The summed E-state index contributed by atoms with van der Waals surface area (Å²) in [4.78, 5) is 15.0. The quantitative estimate of drug-likeness (QED) is 0.226. The summed E-state index contributed by atoms with van der Waals surface area (Å²) in [5.74, 6) is 3.33. The zero-order chi connectivity index (χ0) is 28.8. The number of allylic oxidation sites excluding steroid dienone is 1. The number of aromatic nitrogens is 1. The fourth-order valence-electron chi connectivity index (χ4n) is 5.32. The molecule has 0 amide bonds. The molecule has 3 aliphatic rings. The van der Waals surface area contributed by atoms with Gasteiger partial charge in [0.15, 0.2) is 19.7 Å². The summed E-state index contributed by atoms with van der Waals surface area (Å²) in [6, 6.07) is -0.562. The van der Waals surface area contributed by atoms with Crippen LogP contribution in [0.25, 0.3) is 0 Å². The topological polar surface area (TPSA) is 96.8 Å². The summed E-state index contributed by atoms with van der Waals surface area (Å²) < 4.78 is 26.4. The van der Waals surface area contributed by atoms with Crippen molar-refractivity contribution in [2.45, 2.75) is 107 Å². The maximum absolute atomic E-state index is 15.0. The number of nitrogens with two attached hydrogens (primary N) is 1. The van der Waals surface area contributed by atoms with Gasteiger partial charge in [-0.2, -0.15) is 0 Å². The number of Topliss-reactive ketones (excluding diaryl/α,β-unsaturated/α-hetero) is 1. The van der Waals surface area contributed by atoms with Crippen molar-refractivity contribution < 1.29 is 22.9 Å². The Kier molecular flexibility index (Phi) is 9.21. The molecular weight excluding hydrogens is 565 g/mol. The van der Waals surface area contributed by atoms with Gasteiger partial charge in [-0.15, -0.1) is 23.5 Å². The predicted molar refractivity (Wildman–Crippen MR) is 167 cm³/mol. The number of nitrogens with zero attached hydrogens (tertiary/aromatic N) is 1. The molecule has 1 saturated heterocycles. The van der Waals surface area contributed by atoms with Crippen LogP contribution >= 0.6 is 23.5 Å². The third kappa shape index (κ3) is 6.09. The number of unbranched alkanes of at least 4 members (excludes halogenated alkanes) is 1. The first-order chi connectivity index (χ1) is 18.1. The Bertz CT molecular complexity index is 1070. The fraction of sp³-hybridized carbons (Fsp3) is 0.786. The van der Waals surface area contributed by atoms with Crippen LogP contribution in [0.5, 0.6) is 5.88 Å². The van der Waals surface area contributed by atoms with Gasteiger partial charge in [0.1, 0.15) is 11.3 Å². The molecule has 0 radical (unpaired) electrons. The molecule has 1 fully saturated rings. The predicted octanol–water partition coefficient (Wildman–Crippen LogP) is 7.38. The molecule has 2 aliphatic carbocycles. The standard InChI is InChI=1S/C28H48N2O5S2Si2/c1-10-11-13-32-25-21-23(33-30-25)22(29)19-16-18(26-36-14-12-15-37-26)17-20(34-38(5,6)7)28(19,24(21)31)35-39(8,9)27(2,3)4/h17-19,22,26H,10-16,29H2,1-9H3/t18-,19-,22-,28-/m0/s1. The number of carbonyl (C=O) groups is 1. The van der Waals surface area contributed by atoms with Crippen LogP contribution in [0.2, 0.25) is 37.8 Å². The molecule has 0 unspecified atom stereocenters. The minimum absolute atomic E-state index is 0.123. The molecule has 4 rings (SSSR count). The zero-order valence-electron chi connectivity index (χ0n) is 25.2. The molecule has 0 bridgehead atoms. The molecule has 11 heteroatoms. The molecule has 0 aromatic carbocycles. The van der Waals surface area contributed by atoms with Crippen LogP contribution in [0.1, 0.15) is 75.5 Å². The molecule has 39 heavy (non-hydrogen) atoms. The Morgan fingerprint density at radius 1 is 1.18 bits per heavy atom. The molecule has 2 heterocycles. The number of thioether (sulfide) groups is 2. The highest BCUT2D eigenvalue weighted by molar-refractivity contribution is 8.17. The van der Waals surface area contributed by atoms with Gasteiger partial charge in [-0.05, 0) is 79.8 Å². The fourth-order valence-corrected chi connectivity index (χ4v) is 10.8. The van der Waals surface area contributed by atoms with Gasteiger partial charge in [0.2, 0.25) is 14.1 Å². The minimum Gasteiger partial charge on any atom is -0.545 e. The first kappa shape index (κ1) is 31.2. The van der Waals surface area contributed by atoms with E-state index in [1.165, 1.54) is 6.42 Å². The van der Waals surface area contributed by atoms with E-state index in [-0.39, 0.29) is 28.5 Å². The van der Waals surface area contributed by atoms with Crippen molar-refractivity contribution in [3.63, 3.8) is 0 Å². The summed E-state index contributed by atoms with van der Waals surface area (Å²) >= 11 is 4.02. The third-order valence-electron chi connectivity index (χ3n) is 8.35. The highest BCUT2D eigenvalue weighted by Crippen LogP contribution is 2.57. The maximum Gasteiger partial charge on any atom is 0.265 e. The van der Waals surface area contributed by atoms with E-state index in [1.807, 2.05) is 23.5 Å². The summed E-state index contributed by atoms with van der Waals surface area (Å²) in [6.45, 7) is 20.0. The lowest BCUT2D eigenvalue weighted by Crippen LogP contribution is -2.64. The van der Waals surface area contributed by atoms with Crippen molar-refractivity contribution in [1.29, 1.82) is 0 Å². The van der Waals surface area contributed by atoms with Crippen LogP contribution in [0.15, 0.2) is 16.4 Å². The number of ketones is 1. The molecule has 1 aliphatic heterocycles. The first-order valence-corrected chi connectivity index (χ1v) is 22.8. The average Bonchev–Trinajstić information content (AvgIpc) is 3.26. The van der Waals surface area contributed by atoms with Gasteiger partial charge >= 0.3 is 0 Å². The van der Waals surface area contributed by atoms with Crippen LogP contribution in [0.3, 0.4) is 0 Å². The Morgan fingerprint density at radius 3 is 2.44 bits per heavy atom. The summed E-state index contributed by atoms with van der Waals surface area (Å²) in [6.07, 6.45) is 6.03. The molecular formula is C28H48N2O5S2Si2. The van der Waals surface area contributed by atoms with Gasteiger partial charge in [-0.3, -0.25) is 4.79 Å². The van der Waals surface area contributed by atoms with Crippen molar-refractivity contribution in [2.24, 2.45) is 17.6 Å². The van der Waals surface area contributed by atoms with E-state index in [1.54, 1.807) is 0 Å². The van der Waals surface area contributed by atoms with Crippen molar-refractivity contribution >= 4 is 45.9 Å². The first-order valence-electron chi connectivity index (χ1n) is 14.4. The van der Waals surface area contributed by atoms with Crippen LogP contribution in [0.4, 0.5) is 0 Å². The van der Waals surface area contributed by atoms with Crippen molar-refractivity contribution in [3.05, 3.63) is 23.2 Å². The van der Waals surface area contributed by atoms with Crippen LogP contribution in [-0.2, 0) is 8.85 Å². The summed E-state index contributed by atoms with van der Waals surface area (Å²) in [7, 11) is -4.64. The van der Waals surface area contributed by atoms with Gasteiger partial charge in [-0.1, -0.05) is 34.1 Å². The molecule has 0 spiro atoms. The lowest BCUT2D eigenvalue weighted by Gasteiger charge is -2.54. The number of carbonyl (C=O) groups excluding carboxylic acids is 1. The minimum atomic E-state index is -2.49. The molecule has 7 nitrogen and oxygen atoms in total. The highest BCUT2D eigenvalue weighted by Gasteiger charge is 2.65. The number of ether oxygens (including phenoxy) is 1. The van der Waals surface area contributed by atoms with E-state index < -0.39 is 28.3 Å². The van der Waals surface area contributed by atoms with Gasteiger partial charge in [0.25, 0.3) is 5.88 Å². The maximum atomic E-state index is 15.0. The van der Waals surface area contributed by atoms with Crippen LogP contribution in [0, 0.1) is 11.8 Å². The lowest BCUT2D eigenvalue weighted by molar-refractivity contribution is -0.0213. The zero-order valence-corrected chi connectivity index (χ0v) is 28.9. The van der Waals surface area contributed by atoms with Gasteiger partial charge in [-0.25, -0.2) is 0 Å². The number of hydrogen-bond donors (Lipinski definition) is 1. The molecule has 0 saturated carbocycles. The largest absolute Gasteiger partial charge is 0.545 e. The normalized spacial score (nSPS) is 28.5. The molecule has 1 aromatic rings. The van der Waals surface area contributed by atoms with Crippen LogP contribution < -0.4 is 10.5 Å². The van der Waals surface area contributed by atoms with Gasteiger partial charge < -0.3 is 23.8 Å². The Morgan fingerprint density at radius 2 is 1.85 bits per heavy atom. The van der Waals surface area contributed by atoms with E-state index in [2.05, 4.69) is 71.7 Å². The van der Waals surface area contributed by atoms with Crippen molar-refractivity contribution in [1.82, 2.24) is 5.16 Å². The lowest BCUT2D eigenvalue weighted by atomic mass is 9.64. The monoisotopic (exact) mass is 612 g/mol. The second kappa shape index (κ2) is 11.5. The molecule has 220 valence electrons. The van der Waals surface area contributed by atoms with E-state index in [0.29, 0.717) is 28.3 Å². The highest BCUT2D eigenvalue weighted by atomic mass is 32.2. The smallest absolute Gasteiger partial charge is 0.265 e. The molecule has 1 aromatic heterocycles. The third-order valence-corrected chi connectivity index (χ3v) is 16.8. The summed E-state index contributed by atoms with van der Waals surface area (Å²) in [5, 5.41) is 4.09. The number of fused-ring (bicyclic) bond motifs is 2. The molecule has 4 atom stereocenters. The van der Waals surface area contributed by atoms with Gasteiger partial charge in [0.05, 0.1) is 17.2 Å². The van der Waals surface area contributed by atoms with Crippen molar-refractivity contribution in [3.8, 4) is 5.88 Å². The average molecular weight is 613 g/mol. The van der Waals surface area contributed by atoms with E-state index in [4.69, 9.17) is 23.8 Å². The van der Waals surface area contributed by atoms with E-state index in [0.717, 1.165) is 30.8 Å². The number of rotatable bonds is 9. The van der Waals surface area contributed by atoms with Gasteiger partial charge in [0, 0.05) is 11.8 Å². The summed E-state index contributed by atoms with van der Waals surface area (Å²) in [5.41, 5.74) is 6.07. The second-order valence-corrected chi connectivity index (χ2v) is 25.5. The van der Waals surface area contributed by atoms with Crippen LogP contribution in [-0.4, -0.2) is 55.9 Å². The SMILES string of the molecule is CCCCOc1noc2c1C(=O)[C@@]1(O[Si](C)(C)C(C)(C)C)C(O[Si](C)(C)C)=C[C@@H](C3SCCCS3)C[C@H]1[C@@H]2N. The number of hydrogen-bond acceptors (Lipinski definition) is 9. The van der Waals surface area contributed by atoms with E-state index in [9.17, 15) is 4.79 Å². The Hall–Kier alpha value is -0.726. The second-order valence-electron chi connectivity index (χ2n) is 13.6. The Labute approximate surface area is 245 Å². The molecule has 2 N–H and O–H groups in total. The Balaban J connectivity index is 1.92.